The molecule has 2 aliphatic rings. The summed E-state index contributed by atoms with van der Waals surface area (Å²) in [6.45, 7) is 17.0. The highest BCUT2D eigenvalue weighted by Crippen LogP contribution is 2.44. The van der Waals surface area contributed by atoms with E-state index in [-0.39, 0.29) is 35.9 Å². The maximum Gasteiger partial charge on any atom is 0.373 e. The first-order chi connectivity index (χ1) is 24.3. The highest BCUT2D eigenvalue weighted by atomic mass is 16.7. The van der Waals surface area contributed by atoms with Gasteiger partial charge in [0.15, 0.2) is 5.79 Å². The van der Waals surface area contributed by atoms with Crippen molar-refractivity contribution in [2.24, 2.45) is 35.5 Å². The number of carbonyl (C=O) groups excluding carboxylic acids is 2. The Labute approximate surface area is 309 Å². The van der Waals surface area contributed by atoms with E-state index in [2.05, 4.69) is 0 Å². The SMILES string of the molecule is COC1=CC(C)=CC(C)C(O)C(C)CC(C)=CC=CC(OC)C(C(C)C(O)C(C)C2(OC)CC(OC(=O)C=CC(=O)O)C(C)C(C(C)C)O2)OC1=O. The highest BCUT2D eigenvalue weighted by Gasteiger charge is 2.54. The maximum atomic E-state index is 13.7. The van der Waals surface area contributed by atoms with Gasteiger partial charge in [-0.1, -0.05) is 83.9 Å². The third-order valence-corrected chi connectivity index (χ3v) is 10.4. The first-order valence-electron chi connectivity index (χ1n) is 18.0. The van der Waals surface area contributed by atoms with Crippen LogP contribution in [-0.4, -0.2) is 97.0 Å². The van der Waals surface area contributed by atoms with Gasteiger partial charge in [0.05, 0.1) is 25.4 Å². The van der Waals surface area contributed by atoms with Gasteiger partial charge in [-0.2, -0.15) is 0 Å². The van der Waals surface area contributed by atoms with Crippen LogP contribution in [0.15, 0.2) is 59.4 Å². The molecule has 0 amide bonds. The van der Waals surface area contributed by atoms with Crippen molar-refractivity contribution in [3.63, 3.8) is 0 Å². The van der Waals surface area contributed by atoms with Gasteiger partial charge in [0.1, 0.15) is 18.3 Å². The molecule has 2 aliphatic heterocycles. The van der Waals surface area contributed by atoms with Crippen LogP contribution in [0.25, 0.3) is 0 Å². The molecule has 2 heterocycles. The Morgan fingerprint density at radius 3 is 2.25 bits per heavy atom. The molecule has 0 saturated carbocycles. The Bertz CT molecular complexity index is 1360. The molecule has 0 bridgehead atoms. The molecule has 294 valence electrons. The Balaban J connectivity index is 2.59. The van der Waals surface area contributed by atoms with E-state index in [0.717, 1.165) is 11.6 Å². The van der Waals surface area contributed by atoms with Crippen LogP contribution in [0.1, 0.15) is 75.2 Å². The van der Waals surface area contributed by atoms with Crippen molar-refractivity contribution >= 4 is 17.9 Å². The summed E-state index contributed by atoms with van der Waals surface area (Å²) in [5.74, 6) is -6.48. The summed E-state index contributed by atoms with van der Waals surface area (Å²) < 4.78 is 35.9. The number of aliphatic carboxylic acids is 1. The number of cyclic esters (lactones) is 1. The van der Waals surface area contributed by atoms with Crippen molar-refractivity contribution < 1.29 is 58.1 Å². The molecule has 0 aromatic heterocycles. The van der Waals surface area contributed by atoms with E-state index in [4.69, 9.17) is 33.5 Å². The second-order valence-corrected chi connectivity index (χ2v) is 14.8. The lowest BCUT2D eigenvalue weighted by atomic mass is 9.76. The quantitative estimate of drug-likeness (QED) is 0.180. The minimum absolute atomic E-state index is 0.0345. The molecule has 0 aromatic carbocycles. The Kier molecular flexibility index (Phi) is 17.5. The standard InChI is InChI=1S/C40H62O12/c1-22(2)37-27(7)32(50-34(43)17-16-33(41)42)21-40(49-12,52-37)29(9)36(45)28(8)38-30(47-10)15-13-14-23(3)18-25(5)35(44)26(6)19-24(4)20-31(48-11)39(46)51-38/h13-17,19-20,22,25-30,32,35-38,44-45H,18,21H2,1-12H3,(H,41,42). The van der Waals surface area contributed by atoms with Crippen molar-refractivity contribution in [3.8, 4) is 0 Å². The van der Waals surface area contributed by atoms with Crippen molar-refractivity contribution in [2.75, 3.05) is 21.3 Å². The number of aliphatic hydroxyl groups excluding tert-OH is 2. The van der Waals surface area contributed by atoms with Gasteiger partial charge >= 0.3 is 17.9 Å². The van der Waals surface area contributed by atoms with Gasteiger partial charge in [0.25, 0.3) is 0 Å². The Morgan fingerprint density at radius 2 is 1.69 bits per heavy atom. The first-order valence-corrected chi connectivity index (χ1v) is 18.0. The number of carboxylic acids is 1. The van der Waals surface area contributed by atoms with Gasteiger partial charge in [-0.15, -0.1) is 0 Å². The second kappa shape index (κ2) is 20.2. The van der Waals surface area contributed by atoms with Crippen LogP contribution in [-0.2, 0) is 42.8 Å². The number of allylic oxidation sites excluding steroid dienone is 5. The molecule has 0 radical (unpaired) electrons. The van der Waals surface area contributed by atoms with Gasteiger partial charge < -0.3 is 43.7 Å². The van der Waals surface area contributed by atoms with Gasteiger partial charge in [-0.3, -0.25) is 0 Å². The van der Waals surface area contributed by atoms with Crippen LogP contribution >= 0.6 is 0 Å². The summed E-state index contributed by atoms with van der Waals surface area (Å²) >= 11 is 0. The molecule has 52 heavy (non-hydrogen) atoms. The maximum absolute atomic E-state index is 13.7. The molecule has 2 rings (SSSR count). The van der Waals surface area contributed by atoms with E-state index >= 15 is 0 Å². The lowest BCUT2D eigenvalue weighted by Crippen LogP contribution is -2.60. The van der Waals surface area contributed by atoms with Crippen LogP contribution in [0.4, 0.5) is 0 Å². The monoisotopic (exact) mass is 734 g/mol. The number of carbonyl (C=O) groups is 3. The second-order valence-electron chi connectivity index (χ2n) is 14.8. The van der Waals surface area contributed by atoms with Gasteiger partial charge in [0.2, 0.25) is 5.76 Å². The zero-order chi connectivity index (χ0) is 39.5. The average molecular weight is 735 g/mol. The number of rotatable bonds is 11. The minimum Gasteiger partial charge on any atom is -0.490 e. The zero-order valence-corrected chi connectivity index (χ0v) is 32.9. The number of esters is 2. The number of hydrogen-bond donors (Lipinski definition) is 3. The van der Waals surface area contributed by atoms with Crippen LogP contribution in [0.5, 0.6) is 0 Å². The van der Waals surface area contributed by atoms with Gasteiger partial charge in [0, 0.05) is 56.5 Å². The molecule has 0 aliphatic carbocycles. The topological polar surface area (TPSA) is 167 Å². The van der Waals surface area contributed by atoms with Crippen LogP contribution in [0.3, 0.4) is 0 Å². The summed E-state index contributed by atoms with van der Waals surface area (Å²) in [5, 5.41) is 32.1. The normalized spacial score (nSPS) is 33.0. The fraction of sp³-hybridized carbons (Fsp3) is 0.675. The van der Waals surface area contributed by atoms with E-state index in [0.29, 0.717) is 18.1 Å². The smallest absolute Gasteiger partial charge is 0.373 e. The predicted molar refractivity (Wildman–Crippen MR) is 196 cm³/mol. The summed E-state index contributed by atoms with van der Waals surface area (Å²) in [7, 11) is 4.31. The Morgan fingerprint density at radius 1 is 1.04 bits per heavy atom. The third kappa shape index (κ3) is 11.9. The minimum atomic E-state index is -1.45. The molecule has 12 nitrogen and oxygen atoms in total. The fourth-order valence-corrected chi connectivity index (χ4v) is 7.30. The number of aliphatic hydroxyl groups is 2. The van der Waals surface area contributed by atoms with Crippen molar-refractivity contribution in [1.29, 1.82) is 0 Å². The zero-order valence-electron chi connectivity index (χ0n) is 32.9. The van der Waals surface area contributed by atoms with Crippen molar-refractivity contribution in [2.45, 2.75) is 118 Å². The number of carboxylic acid groups (broad SMARTS) is 1. The van der Waals surface area contributed by atoms with Gasteiger partial charge in [-0.05, 0) is 38.2 Å². The summed E-state index contributed by atoms with van der Waals surface area (Å²) in [6, 6.07) is 0. The number of methoxy groups -OCH3 is 3. The highest BCUT2D eigenvalue weighted by molar-refractivity contribution is 5.90. The largest absolute Gasteiger partial charge is 0.490 e. The average Bonchev–Trinajstić information content (AvgIpc) is 3.09. The molecule has 3 N–H and O–H groups in total. The van der Waals surface area contributed by atoms with Crippen LogP contribution in [0.2, 0.25) is 0 Å². The lowest BCUT2D eigenvalue weighted by Gasteiger charge is -2.51. The molecule has 0 aromatic rings. The molecule has 12 unspecified atom stereocenters. The molecular weight excluding hydrogens is 672 g/mol. The van der Waals surface area contributed by atoms with E-state index in [1.165, 1.54) is 21.3 Å². The molecule has 0 spiro atoms. The molecule has 1 saturated heterocycles. The molecule has 12 heteroatoms. The summed E-state index contributed by atoms with van der Waals surface area (Å²) in [6.07, 6.45) is 6.35. The van der Waals surface area contributed by atoms with E-state index in [1.54, 1.807) is 26.0 Å². The van der Waals surface area contributed by atoms with Crippen molar-refractivity contribution in [1.82, 2.24) is 0 Å². The lowest BCUT2D eigenvalue weighted by molar-refractivity contribution is -0.339. The van der Waals surface area contributed by atoms with E-state index in [1.807, 2.05) is 66.7 Å². The summed E-state index contributed by atoms with van der Waals surface area (Å²) in [4.78, 5) is 37.3. The molecule has 1 fully saturated rings. The Hall–Kier alpha value is -3.29. The first kappa shape index (κ1) is 44.9. The number of hydrogen-bond acceptors (Lipinski definition) is 11. The summed E-state index contributed by atoms with van der Waals surface area (Å²) in [5.41, 5.74) is 1.74. The third-order valence-electron chi connectivity index (χ3n) is 10.4. The van der Waals surface area contributed by atoms with Gasteiger partial charge in [-0.25, -0.2) is 14.4 Å². The van der Waals surface area contributed by atoms with Crippen LogP contribution in [0, 0.1) is 35.5 Å². The van der Waals surface area contributed by atoms with E-state index in [9.17, 15) is 24.6 Å². The molecular formula is C40H62O12. The van der Waals surface area contributed by atoms with Crippen LogP contribution < -0.4 is 0 Å². The van der Waals surface area contributed by atoms with Crippen molar-refractivity contribution in [3.05, 3.63) is 59.4 Å². The fourth-order valence-electron chi connectivity index (χ4n) is 7.30. The van der Waals surface area contributed by atoms with E-state index < -0.39 is 72.2 Å². The molecule has 12 atom stereocenters. The number of ether oxygens (including phenoxy) is 6. The predicted octanol–water partition coefficient (Wildman–Crippen LogP) is 5.54.